The molecule has 8 nitrogen and oxygen atoms in total. The number of para-hydroxylation sites is 2. The molecule has 0 radical (unpaired) electrons. The first-order valence-electron chi connectivity index (χ1n) is 10.4. The molecule has 0 bridgehead atoms. The number of carbonyl (C=O) groups excluding carboxylic acids is 2. The van der Waals surface area contributed by atoms with Crippen molar-refractivity contribution in [3.8, 4) is 0 Å². The third-order valence-corrected chi connectivity index (χ3v) is 5.78. The highest BCUT2D eigenvalue weighted by atomic mass is 16.5. The molecule has 2 aromatic carbocycles. The Morgan fingerprint density at radius 2 is 1.84 bits per heavy atom. The maximum Gasteiger partial charge on any atom is 0.326 e. The summed E-state index contributed by atoms with van der Waals surface area (Å²) in [4.78, 5) is 41.8. The molecule has 2 heterocycles. The van der Waals surface area contributed by atoms with E-state index in [1.165, 1.54) is 4.90 Å². The third-order valence-electron chi connectivity index (χ3n) is 5.78. The highest BCUT2D eigenvalue weighted by Crippen LogP contribution is 2.29. The molecule has 4 rings (SSSR count). The molecule has 0 spiro atoms. The maximum absolute atomic E-state index is 12.8. The number of likely N-dealkylation sites (tertiary alicyclic amines) is 1. The Morgan fingerprint density at radius 3 is 2.61 bits per heavy atom. The van der Waals surface area contributed by atoms with Gasteiger partial charge in [-0.05, 0) is 30.5 Å². The Bertz CT molecular complexity index is 1120. The molecular formula is C23H26N4O4. The van der Waals surface area contributed by atoms with E-state index in [1.54, 1.807) is 4.57 Å². The van der Waals surface area contributed by atoms with Gasteiger partial charge in [0.15, 0.2) is 0 Å². The number of rotatable bonds is 7. The minimum Gasteiger partial charge on any atom is -0.376 e. The van der Waals surface area contributed by atoms with E-state index in [1.807, 2.05) is 54.6 Å². The number of aromatic amines is 1. The molecule has 1 aliphatic heterocycles. The van der Waals surface area contributed by atoms with Gasteiger partial charge in [-0.25, -0.2) is 4.79 Å². The number of nitrogens with two attached hydrogens (primary N) is 1. The van der Waals surface area contributed by atoms with Crippen LogP contribution in [0, 0.1) is 0 Å². The van der Waals surface area contributed by atoms with Crippen LogP contribution in [0.3, 0.4) is 0 Å². The largest absolute Gasteiger partial charge is 0.376 e. The van der Waals surface area contributed by atoms with Crippen molar-refractivity contribution in [1.29, 1.82) is 0 Å². The number of hydrogen-bond acceptors (Lipinski definition) is 4. The summed E-state index contributed by atoms with van der Waals surface area (Å²) in [7, 11) is 0. The SMILES string of the molecule is NC(=O)C1CC(n2c(=O)[nH]c3ccccc32)CCN1C(=O)CCOCc1ccccc1. The lowest BCUT2D eigenvalue weighted by Crippen LogP contribution is -2.53. The lowest BCUT2D eigenvalue weighted by atomic mass is 9.95. The van der Waals surface area contributed by atoms with Crippen LogP contribution in [0.1, 0.15) is 30.9 Å². The van der Waals surface area contributed by atoms with E-state index in [9.17, 15) is 14.4 Å². The predicted octanol–water partition coefficient (Wildman–Crippen LogP) is 1.95. The smallest absolute Gasteiger partial charge is 0.326 e. The van der Waals surface area contributed by atoms with E-state index in [0.717, 1.165) is 16.6 Å². The van der Waals surface area contributed by atoms with Gasteiger partial charge < -0.3 is 20.4 Å². The number of carbonyl (C=O) groups is 2. The van der Waals surface area contributed by atoms with Gasteiger partial charge in [0.25, 0.3) is 0 Å². The minimum absolute atomic E-state index is 0.165. The van der Waals surface area contributed by atoms with Crippen LogP contribution in [0.2, 0.25) is 0 Å². The fourth-order valence-corrected chi connectivity index (χ4v) is 4.25. The second-order valence-electron chi connectivity index (χ2n) is 7.79. The first-order chi connectivity index (χ1) is 15.0. The van der Waals surface area contributed by atoms with E-state index in [0.29, 0.717) is 26.0 Å². The molecule has 2 amide bonds. The number of ether oxygens (including phenoxy) is 1. The number of fused-ring (bicyclic) bond motifs is 1. The van der Waals surface area contributed by atoms with Crippen molar-refractivity contribution in [3.63, 3.8) is 0 Å². The van der Waals surface area contributed by atoms with Gasteiger partial charge in [-0.3, -0.25) is 14.2 Å². The van der Waals surface area contributed by atoms with Gasteiger partial charge in [-0.2, -0.15) is 0 Å². The quantitative estimate of drug-likeness (QED) is 0.567. The van der Waals surface area contributed by atoms with Crippen LogP contribution in [-0.2, 0) is 20.9 Å². The van der Waals surface area contributed by atoms with Gasteiger partial charge in [0, 0.05) is 12.6 Å². The maximum atomic E-state index is 12.8. The van der Waals surface area contributed by atoms with Crippen molar-refractivity contribution in [2.24, 2.45) is 5.73 Å². The number of amides is 2. The fraction of sp³-hybridized carbons (Fsp3) is 0.348. The molecule has 2 atom stereocenters. The average molecular weight is 422 g/mol. The Kier molecular flexibility index (Phi) is 6.18. The Hall–Kier alpha value is -3.39. The van der Waals surface area contributed by atoms with Gasteiger partial charge in [0.1, 0.15) is 6.04 Å². The topological polar surface area (TPSA) is 110 Å². The molecule has 162 valence electrons. The highest BCUT2D eigenvalue weighted by Gasteiger charge is 2.36. The van der Waals surface area contributed by atoms with Crippen LogP contribution in [0.25, 0.3) is 11.0 Å². The van der Waals surface area contributed by atoms with Crippen LogP contribution < -0.4 is 11.4 Å². The molecule has 2 unspecified atom stereocenters. The predicted molar refractivity (Wildman–Crippen MR) is 116 cm³/mol. The van der Waals surface area contributed by atoms with Crippen LogP contribution in [0.5, 0.6) is 0 Å². The molecule has 1 saturated heterocycles. The zero-order valence-electron chi connectivity index (χ0n) is 17.2. The van der Waals surface area contributed by atoms with Crippen molar-refractivity contribution in [2.75, 3.05) is 13.2 Å². The van der Waals surface area contributed by atoms with Crippen molar-refractivity contribution < 1.29 is 14.3 Å². The molecule has 1 aliphatic rings. The zero-order chi connectivity index (χ0) is 21.8. The molecule has 0 aliphatic carbocycles. The standard InChI is InChI=1S/C23H26N4O4/c24-22(29)20-14-17(27-19-9-5-4-8-18(19)25-23(27)30)10-12-26(20)21(28)11-13-31-15-16-6-2-1-3-7-16/h1-9,17,20H,10-15H2,(H2,24,29)(H,25,30). The van der Waals surface area contributed by atoms with Crippen LogP contribution in [-0.4, -0.2) is 45.5 Å². The molecular weight excluding hydrogens is 396 g/mol. The van der Waals surface area contributed by atoms with Crippen molar-refractivity contribution in [1.82, 2.24) is 14.5 Å². The summed E-state index contributed by atoms with van der Waals surface area (Å²) in [6, 6.07) is 16.2. The Balaban J connectivity index is 1.40. The highest BCUT2D eigenvalue weighted by molar-refractivity contribution is 5.87. The second-order valence-corrected chi connectivity index (χ2v) is 7.79. The molecule has 31 heavy (non-hydrogen) atoms. The van der Waals surface area contributed by atoms with Gasteiger partial charge in [-0.1, -0.05) is 42.5 Å². The number of benzene rings is 2. The summed E-state index contributed by atoms with van der Waals surface area (Å²) in [6.45, 7) is 1.06. The molecule has 0 saturated carbocycles. The van der Waals surface area contributed by atoms with E-state index < -0.39 is 11.9 Å². The first kappa shape index (κ1) is 20.9. The molecule has 8 heteroatoms. The summed E-state index contributed by atoms with van der Waals surface area (Å²) in [5.74, 6) is -0.724. The number of aromatic nitrogens is 2. The summed E-state index contributed by atoms with van der Waals surface area (Å²) >= 11 is 0. The minimum atomic E-state index is -0.749. The number of imidazole rings is 1. The van der Waals surface area contributed by atoms with E-state index in [2.05, 4.69) is 4.98 Å². The molecule has 1 aromatic heterocycles. The van der Waals surface area contributed by atoms with Crippen LogP contribution in [0.4, 0.5) is 0 Å². The normalized spacial score (nSPS) is 18.9. The number of nitrogens with zero attached hydrogens (tertiary/aromatic N) is 2. The summed E-state index contributed by atoms with van der Waals surface area (Å²) < 4.78 is 7.28. The number of nitrogens with one attached hydrogen (secondary N) is 1. The lowest BCUT2D eigenvalue weighted by molar-refractivity contribution is -0.142. The number of primary amides is 1. The van der Waals surface area contributed by atoms with Crippen molar-refractivity contribution in [2.45, 2.75) is 38.0 Å². The third kappa shape index (κ3) is 4.54. The first-order valence-corrected chi connectivity index (χ1v) is 10.4. The van der Waals surface area contributed by atoms with Crippen LogP contribution in [0.15, 0.2) is 59.4 Å². The van der Waals surface area contributed by atoms with E-state index in [4.69, 9.17) is 10.5 Å². The van der Waals surface area contributed by atoms with Gasteiger partial charge >= 0.3 is 5.69 Å². The number of hydrogen-bond donors (Lipinski definition) is 2. The lowest BCUT2D eigenvalue weighted by Gasteiger charge is -2.38. The number of piperidine rings is 1. The molecule has 3 aromatic rings. The zero-order valence-corrected chi connectivity index (χ0v) is 17.2. The van der Waals surface area contributed by atoms with E-state index in [-0.39, 0.29) is 30.7 Å². The van der Waals surface area contributed by atoms with Crippen molar-refractivity contribution >= 4 is 22.8 Å². The molecule has 1 fully saturated rings. The van der Waals surface area contributed by atoms with Gasteiger partial charge in [0.05, 0.1) is 30.7 Å². The number of H-pyrrole nitrogens is 1. The molecule has 3 N–H and O–H groups in total. The monoisotopic (exact) mass is 422 g/mol. The summed E-state index contributed by atoms with van der Waals surface area (Å²) in [6.07, 6.45) is 1.06. The van der Waals surface area contributed by atoms with Gasteiger partial charge in [0.2, 0.25) is 11.8 Å². The average Bonchev–Trinajstić information content (AvgIpc) is 3.12. The fourth-order valence-electron chi connectivity index (χ4n) is 4.25. The van der Waals surface area contributed by atoms with Crippen molar-refractivity contribution in [3.05, 3.63) is 70.6 Å². The summed E-state index contributed by atoms with van der Waals surface area (Å²) in [5.41, 5.74) is 7.99. The Labute approximate surface area is 179 Å². The Morgan fingerprint density at radius 1 is 1.10 bits per heavy atom. The van der Waals surface area contributed by atoms with Gasteiger partial charge in [-0.15, -0.1) is 0 Å². The summed E-state index contributed by atoms with van der Waals surface area (Å²) in [5, 5.41) is 0. The van der Waals surface area contributed by atoms with Crippen LogP contribution >= 0.6 is 0 Å². The van der Waals surface area contributed by atoms with E-state index >= 15 is 0 Å². The second kappa shape index (κ2) is 9.18.